The van der Waals surface area contributed by atoms with Crippen LogP contribution in [-0.2, 0) is 0 Å². The van der Waals surface area contributed by atoms with Gasteiger partial charge in [0.05, 0.1) is 62.1 Å². The van der Waals surface area contributed by atoms with Gasteiger partial charge in [-0.2, -0.15) is 10.5 Å². The van der Waals surface area contributed by atoms with E-state index in [4.69, 9.17) is 0 Å². The summed E-state index contributed by atoms with van der Waals surface area (Å²) in [5, 5.41) is 27.0. The molecule has 0 saturated carbocycles. The van der Waals surface area contributed by atoms with E-state index in [9.17, 15) is 10.5 Å². The van der Waals surface area contributed by atoms with E-state index in [1.165, 1.54) is 32.6 Å². The number of hydrogen-bond donors (Lipinski definition) is 0. The van der Waals surface area contributed by atoms with Gasteiger partial charge in [-0.05, 0) is 90.5 Å². The van der Waals surface area contributed by atoms with E-state index in [-0.39, 0.29) is 0 Å². The fourth-order valence-corrected chi connectivity index (χ4v) is 8.75. The van der Waals surface area contributed by atoms with E-state index in [0.717, 1.165) is 61.0 Å². The molecule has 0 aliphatic heterocycles. The molecule has 8 aromatic carbocycles. The van der Waals surface area contributed by atoms with E-state index in [1.807, 2.05) is 42.5 Å². The molecule has 3 aromatic heterocycles. The lowest BCUT2D eigenvalue weighted by Crippen LogP contribution is -2.00. The lowest BCUT2D eigenvalue weighted by Gasteiger charge is -2.16. The Labute approximate surface area is 316 Å². The molecular formula is C50H29N5. The van der Waals surface area contributed by atoms with Crippen LogP contribution < -0.4 is 0 Å². The van der Waals surface area contributed by atoms with Crippen molar-refractivity contribution < 1.29 is 0 Å². The number of rotatable bonds is 4. The summed E-state index contributed by atoms with van der Waals surface area (Å²) in [5.74, 6) is 0. The van der Waals surface area contributed by atoms with Crippen LogP contribution in [0, 0.1) is 22.7 Å². The highest BCUT2D eigenvalue weighted by atomic mass is 15.0. The average molecular weight is 700 g/mol. The first-order valence-electron chi connectivity index (χ1n) is 18.3. The minimum Gasteiger partial charge on any atom is -0.309 e. The maximum atomic E-state index is 10.4. The van der Waals surface area contributed by atoms with Crippen LogP contribution in [0.3, 0.4) is 0 Å². The minimum atomic E-state index is 0.569. The standard InChI is InChI=1S/C50H29N5/c51-30-32-21-23-49-42(27-32)40-14-4-9-19-47(40)54(49)36-26-33(31-52)25-34(28-36)37-11-1-6-16-44(37)55-48-20-10-5-15-41(48)43-29-35(22-24-50(43)55)53-45-17-7-2-12-38(45)39-13-3-8-18-46(39)53/h1-29H. The molecule has 0 aliphatic rings. The Kier molecular flexibility index (Phi) is 6.61. The number of aromatic nitrogens is 3. The third-order valence-corrected chi connectivity index (χ3v) is 11.1. The molecule has 0 radical (unpaired) electrons. The molecule has 11 aromatic rings. The smallest absolute Gasteiger partial charge is 0.0992 e. The van der Waals surface area contributed by atoms with Crippen molar-refractivity contribution in [2.45, 2.75) is 0 Å². The predicted molar refractivity (Wildman–Crippen MR) is 224 cm³/mol. The van der Waals surface area contributed by atoms with Gasteiger partial charge in [0.2, 0.25) is 0 Å². The molecule has 254 valence electrons. The van der Waals surface area contributed by atoms with Crippen LogP contribution in [0.2, 0.25) is 0 Å². The van der Waals surface area contributed by atoms with Gasteiger partial charge < -0.3 is 13.7 Å². The van der Waals surface area contributed by atoms with Gasteiger partial charge in [-0.3, -0.25) is 0 Å². The normalized spacial score (nSPS) is 11.6. The lowest BCUT2D eigenvalue weighted by molar-refractivity contribution is 1.16. The highest BCUT2D eigenvalue weighted by Gasteiger charge is 2.20. The van der Waals surface area contributed by atoms with Crippen LogP contribution in [-0.4, -0.2) is 13.7 Å². The SMILES string of the molecule is N#Cc1cc(-c2ccccc2-n2c3ccccc3c3cc(-n4c5ccccc5c5ccccc54)ccc32)cc(-n2c3ccccc3c3cc(C#N)ccc32)c1. The number of fused-ring (bicyclic) bond motifs is 9. The zero-order valence-corrected chi connectivity index (χ0v) is 29.5. The zero-order chi connectivity index (χ0) is 36.6. The molecule has 0 amide bonds. The van der Waals surface area contributed by atoms with Crippen molar-refractivity contribution in [1.29, 1.82) is 10.5 Å². The summed E-state index contributed by atoms with van der Waals surface area (Å²) in [6, 6.07) is 66.0. The van der Waals surface area contributed by atoms with E-state index in [2.05, 4.69) is 159 Å². The van der Waals surface area contributed by atoms with Crippen LogP contribution in [0.5, 0.6) is 0 Å². The molecule has 0 unspecified atom stereocenters. The van der Waals surface area contributed by atoms with Crippen LogP contribution in [0.4, 0.5) is 0 Å². The van der Waals surface area contributed by atoms with Gasteiger partial charge in [0.1, 0.15) is 0 Å². The maximum Gasteiger partial charge on any atom is 0.0992 e. The second kappa shape index (κ2) is 11.8. The number of nitriles is 2. The highest BCUT2D eigenvalue weighted by Crippen LogP contribution is 2.40. The summed E-state index contributed by atoms with van der Waals surface area (Å²) in [6.07, 6.45) is 0. The van der Waals surface area contributed by atoms with Crippen molar-refractivity contribution in [3.8, 4) is 40.3 Å². The third kappa shape index (κ3) is 4.51. The summed E-state index contributed by atoms with van der Waals surface area (Å²) < 4.78 is 6.93. The monoisotopic (exact) mass is 699 g/mol. The third-order valence-electron chi connectivity index (χ3n) is 11.1. The summed E-state index contributed by atoms with van der Waals surface area (Å²) in [5.41, 5.74) is 12.7. The molecule has 0 bridgehead atoms. The van der Waals surface area contributed by atoms with Gasteiger partial charge in [-0.15, -0.1) is 0 Å². The molecule has 11 rings (SSSR count). The number of hydrogen-bond acceptors (Lipinski definition) is 2. The molecular weight excluding hydrogens is 671 g/mol. The average Bonchev–Trinajstić information content (AvgIpc) is 3.88. The second-order valence-electron chi connectivity index (χ2n) is 14.0. The molecule has 5 heteroatoms. The van der Waals surface area contributed by atoms with Crippen LogP contribution in [0.25, 0.3) is 93.6 Å². The van der Waals surface area contributed by atoms with Crippen molar-refractivity contribution in [1.82, 2.24) is 13.7 Å². The van der Waals surface area contributed by atoms with Gasteiger partial charge in [0.15, 0.2) is 0 Å². The van der Waals surface area contributed by atoms with Crippen LogP contribution in [0.15, 0.2) is 176 Å². The first-order chi connectivity index (χ1) is 27.2. The summed E-state index contributed by atoms with van der Waals surface area (Å²) >= 11 is 0. The Morgan fingerprint density at radius 2 is 0.800 bits per heavy atom. The van der Waals surface area contributed by atoms with Gasteiger partial charge in [-0.25, -0.2) is 0 Å². The number of nitrogens with zero attached hydrogens (tertiary/aromatic N) is 5. The quantitative estimate of drug-likeness (QED) is 0.184. The van der Waals surface area contributed by atoms with E-state index in [1.54, 1.807) is 0 Å². The van der Waals surface area contributed by atoms with Crippen molar-refractivity contribution in [3.05, 3.63) is 187 Å². The summed E-state index contributed by atoms with van der Waals surface area (Å²) in [6.45, 7) is 0. The van der Waals surface area contributed by atoms with Crippen molar-refractivity contribution in [2.24, 2.45) is 0 Å². The highest BCUT2D eigenvalue weighted by molar-refractivity contribution is 6.13. The first-order valence-corrected chi connectivity index (χ1v) is 18.3. The van der Waals surface area contributed by atoms with Gasteiger partial charge in [0, 0.05) is 49.3 Å². The molecule has 0 aliphatic carbocycles. The second-order valence-corrected chi connectivity index (χ2v) is 14.0. The summed E-state index contributed by atoms with van der Waals surface area (Å²) in [4.78, 5) is 0. The number of para-hydroxylation sites is 5. The molecule has 3 heterocycles. The van der Waals surface area contributed by atoms with E-state index in [0.29, 0.717) is 11.1 Å². The Morgan fingerprint density at radius 3 is 1.44 bits per heavy atom. The van der Waals surface area contributed by atoms with Crippen molar-refractivity contribution in [2.75, 3.05) is 0 Å². The van der Waals surface area contributed by atoms with Gasteiger partial charge >= 0.3 is 0 Å². The molecule has 0 N–H and O–H groups in total. The van der Waals surface area contributed by atoms with E-state index < -0.39 is 0 Å². The summed E-state index contributed by atoms with van der Waals surface area (Å²) in [7, 11) is 0. The lowest BCUT2D eigenvalue weighted by atomic mass is 10.00. The Morgan fingerprint density at radius 1 is 0.327 bits per heavy atom. The molecule has 55 heavy (non-hydrogen) atoms. The maximum absolute atomic E-state index is 10.4. The Bertz CT molecular complexity index is 3420. The fraction of sp³-hybridized carbons (Fsp3) is 0. The zero-order valence-electron chi connectivity index (χ0n) is 29.5. The van der Waals surface area contributed by atoms with Crippen molar-refractivity contribution in [3.63, 3.8) is 0 Å². The van der Waals surface area contributed by atoms with Crippen molar-refractivity contribution >= 4 is 65.4 Å². The molecule has 0 fully saturated rings. The Balaban J connectivity index is 1.14. The van der Waals surface area contributed by atoms with Crippen LogP contribution >= 0.6 is 0 Å². The predicted octanol–water partition coefficient (Wildman–Crippen LogP) is 12.4. The van der Waals surface area contributed by atoms with Gasteiger partial charge in [0.25, 0.3) is 0 Å². The minimum absolute atomic E-state index is 0.569. The van der Waals surface area contributed by atoms with Crippen LogP contribution in [0.1, 0.15) is 11.1 Å². The molecule has 0 saturated heterocycles. The topological polar surface area (TPSA) is 62.4 Å². The molecule has 0 spiro atoms. The fourth-order valence-electron chi connectivity index (χ4n) is 8.75. The molecule has 0 atom stereocenters. The van der Waals surface area contributed by atoms with E-state index >= 15 is 0 Å². The number of benzene rings is 8. The van der Waals surface area contributed by atoms with Gasteiger partial charge in [-0.1, -0.05) is 91.0 Å². The molecule has 5 nitrogen and oxygen atoms in total. The largest absolute Gasteiger partial charge is 0.309 e. The Hall–Kier alpha value is -7.86. The first kappa shape index (κ1) is 30.7.